The van der Waals surface area contributed by atoms with Crippen LogP contribution in [0.25, 0.3) is 0 Å². The summed E-state index contributed by atoms with van der Waals surface area (Å²) in [4.78, 5) is 0. The summed E-state index contributed by atoms with van der Waals surface area (Å²) < 4.78 is 0. The molecule has 1 nitrogen and oxygen atoms in total. The Morgan fingerprint density at radius 3 is 2.12 bits per heavy atom. The van der Waals surface area contributed by atoms with Crippen LogP contribution >= 0.6 is 12.4 Å². The van der Waals surface area contributed by atoms with Crippen molar-refractivity contribution >= 4 is 20.5 Å². The molecule has 1 saturated heterocycles. The van der Waals surface area contributed by atoms with Crippen molar-refractivity contribution in [1.29, 1.82) is 0 Å². The minimum atomic E-state index is -0.884. The second-order valence-corrected chi connectivity index (χ2v) is 11.3. The van der Waals surface area contributed by atoms with Crippen LogP contribution in [0, 0.1) is 0 Å². The summed E-state index contributed by atoms with van der Waals surface area (Å²) in [5.74, 6) is 0. The molecular weight excluding hydrogens is 246 g/mol. The Hall–Kier alpha value is -0.313. The molecule has 2 N–H and O–H groups in total. The van der Waals surface area contributed by atoms with Gasteiger partial charge in [0.05, 0.1) is 0 Å². The van der Waals surface area contributed by atoms with Crippen LogP contribution < -0.4 is 5.73 Å². The largest absolute Gasteiger partial charge is 0.330 e. The van der Waals surface area contributed by atoms with Crippen molar-refractivity contribution in [3.63, 3.8) is 0 Å². The van der Waals surface area contributed by atoms with Crippen LogP contribution in [0.3, 0.4) is 0 Å². The maximum absolute atomic E-state index is 6.07. The Bertz CT molecular complexity index is 340. The molecule has 0 amide bonds. The van der Waals surface area contributed by atoms with Gasteiger partial charge in [-0.05, 0) is 18.4 Å². The fraction of sp³-hybridized carbons (Fsp3) is 0.571. The topological polar surface area (TPSA) is 26.0 Å². The summed E-state index contributed by atoms with van der Waals surface area (Å²) in [6.07, 6.45) is 2.60. The van der Waals surface area contributed by atoms with E-state index in [2.05, 4.69) is 43.4 Å². The second-order valence-electron chi connectivity index (χ2n) is 6.01. The van der Waals surface area contributed by atoms with E-state index >= 15 is 0 Å². The molecule has 0 aromatic heterocycles. The molecule has 0 aliphatic carbocycles. The first-order valence-electron chi connectivity index (χ1n) is 6.34. The highest BCUT2D eigenvalue weighted by Crippen LogP contribution is 2.42. The number of halogens is 1. The fourth-order valence-electron chi connectivity index (χ4n) is 2.81. The zero-order valence-electron chi connectivity index (χ0n) is 10.9. The average Bonchev–Trinajstić information content (AvgIpc) is 2.31. The first-order valence-corrected chi connectivity index (χ1v) is 9.75. The highest BCUT2D eigenvalue weighted by molar-refractivity contribution is 6.77. The predicted molar refractivity (Wildman–Crippen MR) is 80.8 cm³/mol. The van der Waals surface area contributed by atoms with E-state index < -0.39 is 8.07 Å². The van der Waals surface area contributed by atoms with Crippen molar-refractivity contribution in [3.05, 3.63) is 35.9 Å². The molecule has 1 aliphatic rings. The van der Waals surface area contributed by atoms with Crippen molar-refractivity contribution in [3.8, 4) is 0 Å². The standard InChI is InChI=1S/C14H23NSi.ClH/c1-16(2)10-8-14(12-15,9-11-16)13-6-4-3-5-7-13;/h3-7H,8-12,15H2,1-2H3;1H. The van der Waals surface area contributed by atoms with E-state index in [1.807, 2.05) is 0 Å². The normalized spacial score (nSPS) is 21.6. The van der Waals surface area contributed by atoms with E-state index in [1.54, 1.807) is 0 Å². The van der Waals surface area contributed by atoms with Crippen molar-refractivity contribution in [2.45, 2.75) is 43.4 Å². The third-order valence-corrected chi connectivity index (χ3v) is 7.54. The van der Waals surface area contributed by atoms with Gasteiger partial charge in [0.15, 0.2) is 0 Å². The molecule has 1 aromatic carbocycles. The van der Waals surface area contributed by atoms with Crippen LogP contribution in [0.1, 0.15) is 18.4 Å². The number of benzene rings is 1. The van der Waals surface area contributed by atoms with E-state index in [9.17, 15) is 0 Å². The van der Waals surface area contributed by atoms with Crippen LogP contribution in [0.15, 0.2) is 30.3 Å². The van der Waals surface area contributed by atoms with Crippen LogP contribution in [0.4, 0.5) is 0 Å². The fourth-order valence-corrected chi connectivity index (χ4v) is 5.37. The molecule has 1 heterocycles. The lowest BCUT2D eigenvalue weighted by Gasteiger charge is -2.42. The van der Waals surface area contributed by atoms with Crippen LogP contribution in [-0.4, -0.2) is 14.6 Å². The SMILES string of the molecule is C[Si]1(C)CCC(CN)(c2ccccc2)CC1.Cl. The Kier molecular flexibility index (Phi) is 4.82. The highest BCUT2D eigenvalue weighted by Gasteiger charge is 2.39. The van der Waals surface area contributed by atoms with Gasteiger partial charge in [0.2, 0.25) is 0 Å². The third-order valence-electron chi connectivity index (χ3n) is 4.34. The van der Waals surface area contributed by atoms with E-state index in [4.69, 9.17) is 5.73 Å². The summed E-state index contributed by atoms with van der Waals surface area (Å²) in [7, 11) is -0.884. The Morgan fingerprint density at radius 2 is 1.65 bits per heavy atom. The van der Waals surface area contributed by atoms with Gasteiger partial charge in [0.1, 0.15) is 0 Å². The van der Waals surface area contributed by atoms with Gasteiger partial charge in [-0.3, -0.25) is 0 Å². The predicted octanol–water partition coefficient (Wildman–Crippen LogP) is 3.81. The molecule has 3 heteroatoms. The summed E-state index contributed by atoms with van der Waals surface area (Å²) in [6.45, 7) is 5.83. The van der Waals surface area contributed by atoms with Gasteiger partial charge in [-0.25, -0.2) is 0 Å². The number of hydrogen-bond donors (Lipinski definition) is 1. The summed E-state index contributed by atoms with van der Waals surface area (Å²) in [6, 6.07) is 13.8. The molecule has 1 aromatic rings. The first kappa shape index (κ1) is 14.7. The minimum absolute atomic E-state index is 0. The summed E-state index contributed by atoms with van der Waals surface area (Å²) >= 11 is 0. The average molecular weight is 270 g/mol. The smallest absolute Gasteiger partial charge is 0.0474 e. The van der Waals surface area contributed by atoms with Gasteiger partial charge in [-0.15, -0.1) is 12.4 Å². The van der Waals surface area contributed by atoms with Crippen molar-refractivity contribution in [2.75, 3.05) is 6.54 Å². The molecule has 0 unspecified atom stereocenters. The van der Waals surface area contributed by atoms with Crippen LogP contribution in [-0.2, 0) is 5.41 Å². The zero-order chi connectivity index (χ0) is 11.6. The van der Waals surface area contributed by atoms with E-state index in [-0.39, 0.29) is 17.8 Å². The van der Waals surface area contributed by atoms with Crippen molar-refractivity contribution in [1.82, 2.24) is 0 Å². The monoisotopic (exact) mass is 269 g/mol. The van der Waals surface area contributed by atoms with E-state index in [1.165, 1.54) is 30.5 Å². The quantitative estimate of drug-likeness (QED) is 0.812. The molecule has 0 spiro atoms. The number of nitrogens with two attached hydrogens (primary N) is 1. The molecule has 0 saturated carbocycles. The molecule has 0 atom stereocenters. The van der Waals surface area contributed by atoms with Gasteiger partial charge in [0.25, 0.3) is 0 Å². The number of rotatable bonds is 2. The maximum Gasteiger partial charge on any atom is 0.0474 e. The van der Waals surface area contributed by atoms with E-state index in [0.717, 1.165) is 6.54 Å². The zero-order valence-corrected chi connectivity index (χ0v) is 12.7. The lowest BCUT2D eigenvalue weighted by molar-refractivity contribution is 0.387. The summed E-state index contributed by atoms with van der Waals surface area (Å²) in [5, 5.41) is 0. The number of hydrogen-bond acceptors (Lipinski definition) is 1. The first-order chi connectivity index (χ1) is 7.58. The van der Waals surface area contributed by atoms with Crippen molar-refractivity contribution < 1.29 is 0 Å². The van der Waals surface area contributed by atoms with Gasteiger partial charge < -0.3 is 5.73 Å². The van der Waals surface area contributed by atoms with Gasteiger partial charge in [-0.2, -0.15) is 0 Å². The molecular formula is C14H24ClNSi. The molecule has 17 heavy (non-hydrogen) atoms. The Morgan fingerprint density at radius 1 is 1.12 bits per heavy atom. The summed E-state index contributed by atoms with van der Waals surface area (Å²) in [5.41, 5.74) is 7.82. The molecule has 1 aliphatic heterocycles. The molecule has 1 fully saturated rings. The Labute approximate surface area is 112 Å². The van der Waals surface area contributed by atoms with Crippen LogP contribution in [0.5, 0.6) is 0 Å². The maximum atomic E-state index is 6.07. The molecule has 0 bridgehead atoms. The second kappa shape index (κ2) is 5.55. The van der Waals surface area contributed by atoms with Crippen LogP contribution in [0.2, 0.25) is 25.2 Å². The Balaban J connectivity index is 0.00000144. The lowest BCUT2D eigenvalue weighted by atomic mass is 9.75. The lowest BCUT2D eigenvalue weighted by Crippen LogP contribution is -2.44. The van der Waals surface area contributed by atoms with E-state index in [0.29, 0.717) is 0 Å². The third kappa shape index (κ3) is 3.12. The van der Waals surface area contributed by atoms with Crippen molar-refractivity contribution in [2.24, 2.45) is 5.73 Å². The minimum Gasteiger partial charge on any atom is -0.330 e. The molecule has 0 radical (unpaired) electrons. The highest BCUT2D eigenvalue weighted by atomic mass is 35.5. The van der Waals surface area contributed by atoms with Gasteiger partial charge in [0, 0.05) is 20.0 Å². The molecule has 96 valence electrons. The molecule has 2 rings (SSSR count). The van der Waals surface area contributed by atoms with Gasteiger partial charge in [-0.1, -0.05) is 55.5 Å². The van der Waals surface area contributed by atoms with Gasteiger partial charge >= 0.3 is 0 Å².